The third-order valence-electron chi connectivity index (χ3n) is 5.56. The van der Waals surface area contributed by atoms with Crippen molar-refractivity contribution in [2.75, 3.05) is 49.1 Å². The van der Waals surface area contributed by atoms with Gasteiger partial charge in [-0.1, -0.05) is 23.7 Å². The first-order valence-electron chi connectivity index (χ1n) is 10.1. The van der Waals surface area contributed by atoms with Crippen LogP contribution in [0.25, 0.3) is 0 Å². The van der Waals surface area contributed by atoms with Gasteiger partial charge in [0.2, 0.25) is 0 Å². The molecule has 1 aromatic heterocycles. The SMILES string of the molecule is O=C(c1ccc(N2CCOc3ccccc32)s1)N1CCN(c2ccc(Cl)cc2)CC1. The first-order chi connectivity index (χ1) is 14.7. The number of hydrogen-bond acceptors (Lipinski definition) is 5. The zero-order chi connectivity index (χ0) is 20.5. The summed E-state index contributed by atoms with van der Waals surface area (Å²) in [6.45, 7) is 4.50. The van der Waals surface area contributed by atoms with Crippen LogP contribution in [-0.4, -0.2) is 50.1 Å². The molecule has 30 heavy (non-hydrogen) atoms. The van der Waals surface area contributed by atoms with Gasteiger partial charge in [-0.25, -0.2) is 0 Å². The van der Waals surface area contributed by atoms with E-state index in [2.05, 4.69) is 15.9 Å². The number of nitrogens with zero attached hydrogens (tertiary/aromatic N) is 3. The number of thiophene rings is 1. The van der Waals surface area contributed by atoms with Crippen LogP contribution in [0.15, 0.2) is 60.7 Å². The summed E-state index contributed by atoms with van der Waals surface area (Å²) in [5.41, 5.74) is 2.21. The Hall–Kier alpha value is -2.70. The van der Waals surface area contributed by atoms with Crippen molar-refractivity contribution in [1.82, 2.24) is 4.90 Å². The van der Waals surface area contributed by atoms with Crippen LogP contribution in [0.2, 0.25) is 5.02 Å². The van der Waals surface area contributed by atoms with E-state index in [0.29, 0.717) is 6.61 Å². The van der Waals surface area contributed by atoms with E-state index in [1.165, 1.54) is 0 Å². The fourth-order valence-electron chi connectivity index (χ4n) is 3.96. The molecule has 1 amide bonds. The first kappa shape index (κ1) is 19.3. The Morgan fingerprint density at radius 1 is 0.900 bits per heavy atom. The van der Waals surface area contributed by atoms with E-state index in [0.717, 1.165) is 64.7 Å². The summed E-state index contributed by atoms with van der Waals surface area (Å²) in [6, 6.07) is 19.9. The van der Waals surface area contributed by atoms with E-state index in [9.17, 15) is 4.79 Å². The maximum atomic E-state index is 13.1. The van der Waals surface area contributed by atoms with Crippen molar-refractivity contribution < 1.29 is 9.53 Å². The number of hydrogen-bond donors (Lipinski definition) is 0. The number of piperazine rings is 1. The van der Waals surface area contributed by atoms with Gasteiger partial charge in [-0.05, 0) is 48.5 Å². The van der Waals surface area contributed by atoms with Gasteiger partial charge in [-0.15, -0.1) is 11.3 Å². The number of amides is 1. The van der Waals surface area contributed by atoms with E-state index in [4.69, 9.17) is 16.3 Å². The molecule has 0 aliphatic carbocycles. The molecular formula is C23H22ClN3O2S. The molecule has 0 radical (unpaired) electrons. The van der Waals surface area contributed by atoms with Gasteiger partial charge < -0.3 is 19.4 Å². The molecule has 5 nitrogen and oxygen atoms in total. The van der Waals surface area contributed by atoms with Gasteiger partial charge in [0.25, 0.3) is 5.91 Å². The summed E-state index contributed by atoms with van der Waals surface area (Å²) < 4.78 is 5.75. The maximum Gasteiger partial charge on any atom is 0.264 e. The van der Waals surface area contributed by atoms with E-state index in [1.807, 2.05) is 59.5 Å². The second-order valence-electron chi connectivity index (χ2n) is 7.36. The van der Waals surface area contributed by atoms with Crippen molar-refractivity contribution in [2.24, 2.45) is 0 Å². The van der Waals surface area contributed by atoms with Crippen LogP contribution in [0, 0.1) is 0 Å². The van der Waals surface area contributed by atoms with Crippen LogP contribution in [0.1, 0.15) is 9.67 Å². The summed E-state index contributed by atoms with van der Waals surface area (Å²) in [7, 11) is 0. The third kappa shape index (κ3) is 3.73. The Morgan fingerprint density at radius 2 is 1.67 bits per heavy atom. The van der Waals surface area contributed by atoms with Crippen LogP contribution >= 0.6 is 22.9 Å². The molecule has 154 valence electrons. The lowest BCUT2D eigenvalue weighted by Crippen LogP contribution is -2.48. The fourth-order valence-corrected chi connectivity index (χ4v) is 5.10. The molecular weight excluding hydrogens is 418 g/mol. The summed E-state index contributed by atoms with van der Waals surface area (Å²) in [4.78, 5) is 20.4. The summed E-state index contributed by atoms with van der Waals surface area (Å²) >= 11 is 7.54. The lowest BCUT2D eigenvalue weighted by Gasteiger charge is -2.36. The minimum Gasteiger partial charge on any atom is -0.490 e. The number of fused-ring (bicyclic) bond motifs is 1. The highest BCUT2D eigenvalue weighted by atomic mass is 35.5. The van der Waals surface area contributed by atoms with Gasteiger partial charge in [-0.2, -0.15) is 0 Å². The molecule has 2 aromatic carbocycles. The molecule has 0 saturated carbocycles. The fraction of sp³-hybridized carbons (Fsp3) is 0.261. The molecule has 3 heterocycles. The van der Waals surface area contributed by atoms with Crippen molar-refractivity contribution >= 4 is 45.2 Å². The molecule has 0 unspecified atom stereocenters. The van der Waals surface area contributed by atoms with Gasteiger partial charge in [0, 0.05) is 36.9 Å². The third-order valence-corrected chi connectivity index (χ3v) is 6.90. The maximum absolute atomic E-state index is 13.1. The standard InChI is InChI=1S/C23H22ClN3O2S/c24-17-5-7-18(8-6-17)25-11-13-26(14-12-25)23(28)21-9-10-22(30-21)27-15-16-29-20-4-2-1-3-19(20)27/h1-10H,11-16H2. The monoisotopic (exact) mass is 439 g/mol. The number of rotatable bonds is 3. The smallest absolute Gasteiger partial charge is 0.264 e. The van der Waals surface area contributed by atoms with Crippen LogP contribution in [-0.2, 0) is 0 Å². The van der Waals surface area contributed by atoms with Crippen molar-refractivity contribution in [2.45, 2.75) is 0 Å². The van der Waals surface area contributed by atoms with Gasteiger partial charge in [0.1, 0.15) is 12.4 Å². The number of carbonyl (C=O) groups is 1. The molecule has 2 aliphatic heterocycles. The number of benzene rings is 2. The largest absolute Gasteiger partial charge is 0.490 e. The Bertz CT molecular complexity index is 1040. The second-order valence-corrected chi connectivity index (χ2v) is 8.86. The van der Waals surface area contributed by atoms with E-state index < -0.39 is 0 Å². The van der Waals surface area contributed by atoms with Crippen molar-refractivity contribution in [3.8, 4) is 5.75 Å². The Balaban J connectivity index is 1.26. The van der Waals surface area contributed by atoms with E-state index in [1.54, 1.807) is 11.3 Å². The molecule has 5 rings (SSSR count). The van der Waals surface area contributed by atoms with Gasteiger partial charge in [0.05, 0.1) is 22.1 Å². The quantitative estimate of drug-likeness (QED) is 0.582. The average Bonchev–Trinajstić information content (AvgIpc) is 3.29. The average molecular weight is 440 g/mol. The minimum absolute atomic E-state index is 0.114. The zero-order valence-corrected chi connectivity index (χ0v) is 18.0. The highest BCUT2D eigenvalue weighted by Crippen LogP contribution is 2.39. The highest BCUT2D eigenvalue weighted by Gasteiger charge is 2.25. The topological polar surface area (TPSA) is 36.0 Å². The predicted octanol–water partition coefficient (Wildman–Crippen LogP) is 4.89. The van der Waals surface area contributed by atoms with Crippen molar-refractivity contribution in [3.05, 3.63) is 70.6 Å². The molecule has 1 fully saturated rings. The number of anilines is 3. The molecule has 0 spiro atoms. The van der Waals surface area contributed by atoms with Crippen LogP contribution in [0.4, 0.5) is 16.4 Å². The number of carbonyl (C=O) groups excluding carboxylic acids is 1. The molecule has 3 aromatic rings. The van der Waals surface area contributed by atoms with Crippen molar-refractivity contribution in [3.63, 3.8) is 0 Å². The summed E-state index contributed by atoms with van der Waals surface area (Å²) in [5, 5.41) is 1.82. The van der Waals surface area contributed by atoms with Gasteiger partial charge >= 0.3 is 0 Å². The number of ether oxygens (including phenoxy) is 1. The molecule has 7 heteroatoms. The van der Waals surface area contributed by atoms with Crippen molar-refractivity contribution in [1.29, 1.82) is 0 Å². The lowest BCUT2D eigenvalue weighted by atomic mass is 10.2. The first-order valence-corrected chi connectivity index (χ1v) is 11.3. The minimum atomic E-state index is 0.114. The Kier molecular flexibility index (Phi) is 5.27. The molecule has 0 bridgehead atoms. The number of para-hydroxylation sites is 2. The Labute approximate surface area is 185 Å². The summed E-state index contributed by atoms with van der Waals surface area (Å²) in [5.74, 6) is 1.01. The number of halogens is 1. The van der Waals surface area contributed by atoms with E-state index >= 15 is 0 Å². The van der Waals surface area contributed by atoms with Crippen LogP contribution in [0.3, 0.4) is 0 Å². The predicted molar refractivity (Wildman–Crippen MR) is 123 cm³/mol. The van der Waals surface area contributed by atoms with Gasteiger partial charge in [-0.3, -0.25) is 4.79 Å². The van der Waals surface area contributed by atoms with Crippen LogP contribution in [0.5, 0.6) is 5.75 Å². The molecule has 1 saturated heterocycles. The lowest BCUT2D eigenvalue weighted by molar-refractivity contribution is 0.0751. The normalized spacial score (nSPS) is 16.2. The second kappa shape index (κ2) is 8.20. The highest BCUT2D eigenvalue weighted by molar-refractivity contribution is 7.18. The van der Waals surface area contributed by atoms with Gasteiger partial charge in [0.15, 0.2) is 0 Å². The summed E-state index contributed by atoms with van der Waals surface area (Å²) in [6.07, 6.45) is 0. The molecule has 0 atom stereocenters. The zero-order valence-electron chi connectivity index (χ0n) is 16.5. The Morgan fingerprint density at radius 3 is 2.47 bits per heavy atom. The molecule has 0 N–H and O–H groups in total. The van der Waals surface area contributed by atoms with Crippen LogP contribution < -0.4 is 14.5 Å². The van der Waals surface area contributed by atoms with E-state index in [-0.39, 0.29) is 5.91 Å². The molecule has 2 aliphatic rings.